The van der Waals surface area contributed by atoms with Crippen molar-refractivity contribution in [3.63, 3.8) is 0 Å². The van der Waals surface area contributed by atoms with Crippen molar-refractivity contribution in [3.8, 4) is 5.75 Å². The van der Waals surface area contributed by atoms with Gasteiger partial charge in [-0.15, -0.1) is 0 Å². The number of aryl methyl sites for hydroxylation is 1. The molecule has 1 rings (SSSR count). The SMILES string of the molecule is CCC(=O)Oc1c(CC)cccc1C(O)CCCC(=O)N(C)C. The van der Waals surface area contributed by atoms with Gasteiger partial charge >= 0.3 is 5.97 Å². The van der Waals surface area contributed by atoms with Crippen molar-refractivity contribution in [1.82, 2.24) is 4.90 Å². The van der Waals surface area contributed by atoms with Crippen LogP contribution in [0.25, 0.3) is 0 Å². The number of aliphatic hydroxyl groups is 1. The highest BCUT2D eigenvalue weighted by Crippen LogP contribution is 2.32. The molecule has 5 nitrogen and oxygen atoms in total. The Balaban J connectivity index is 2.84. The Hall–Kier alpha value is -1.88. The van der Waals surface area contributed by atoms with Crippen molar-refractivity contribution in [2.24, 2.45) is 0 Å². The number of aliphatic hydroxyl groups excluding tert-OH is 1. The van der Waals surface area contributed by atoms with E-state index in [2.05, 4.69) is 0 Å². The monoisotopic (exact) mass is 321 g/mol. The second-order valence-electron chi connectivity index (χ2n) is 5.71. The summed E-state index contributed by atoms with van der Waals surface area (Å²) in [5.41, 5.74) is 1.51. The second kappa shape index (κ2) is 9.30. The Morgan fingerprint density at radius 3 is 2.52 bits per heavy atom. The van der Waals surface area contributed by atoms with Crippen LogP contribution in [0, 0.1) is 0 Å². The fourth-order valence-electron chi connectivity index (χ4n) is 2.28. The number of hydrogen-bond donors (Lipinski definition) is 1. The van der Waals surface area contributed by atoms with Crippen LogP contribution in [0.4, 0.5) is 0 Å². The third-order valence-electron chi connectivity index (χ3n) is 3.74. The zero-order chi connectivity index (χ0) is 17.4. The molecule has 1 aromatic rings. The summed E-state index contributed by atoms with van der Waals surface area (Å²) in [6.45, 7) is 3.71. The molecule has 0 fully saturated rings. The number of carbonyl (C=O) groups excluding carboxylic acids is 2. The number of ether oxygens (including phenoxy) is 1. The predicted octanol–water partition coefficient (Wildman–Crippen LogP) is 2.86. The molecule has 1 aromatic carbocycles. The first kappa shape index (κ1) is 19.2. The Labute approximate surface area is 138 Å². The quantitative estimate of drug-likeness (QED) is 0.590. The van der Waals surface area contributed by atoms with Crippen LogP contribution in [0.15, 0.2) is 18.2 Å². The summed E-state index contributed by atoms with van der Waals surface area (Å²) in [6, 6.07) is 5.52. The number of nitrogens with zero attached hydrogens (tertiary/aromatic N) is 1. The van der Waals surface area contributed by atoms with Crippen LogP contribution >= 0.6 is 0 Å². The number of para-hydroxylation sites is 1. The Kier molecular flexibility index (Phi) is 7.75. The molecule has 0 aliphatic carbocycles. The first-order chi connectivity index (χ1) is 10.9. The number of esters is 1. The van der Waals surface area contributed by atoms with E-state index in [-0.39, 0.29) is 18.3 Å². The minimum atomic E-state index is -0.754. The van der Waals surface area contributed by atoms with E-state index in [0.717, 1.165) is 5.56 Å². The fourth-order valence-corrected chi connectivity index (χ4v) is 2.28. The lowest BCUT2D eigenvalue weighted by molar-refractivity contribution is -0.134. The predicted molar refractivity (Wildman–Crippen MR) is 89.3 cm³/mol. The molecule has 5 heteroatoms. The molecule has 0 radical (unpaired) electrons. The number of rotatable bonds is 8. The molecule has 1 atom stereocenters. The Bertz CT molecular complexity index is 540. The minimum absolute atomic E-state index is 0.0390. The van der Waals surface area contributed by atoms with Crippen molar-refractivity contribution < 1.29 is 19.4 Å². The van der Waals surface area contributed by atoms with E-state index in [0.29, 0.717) is 37.0 Å². The summed E-state index contributed by atoms with van der Waals surface area (Å²) < 4.78 is 5.43. The zero-order valence-corrected chi connectivity index (χ0v) is 14.5. The molecule has 0 spiro atoms. The topological polar surface area (TPSA) is 66.8 Å². The normalized spacial score (nSPS) is 11.9. The van der Waals surface area contributed by atoms with Gasteiger partial charge in [-0.2, -0.15) is 0 Å². The average molecular weight is 321 g/mol. The lowest BCUT2D eigenvalue weighted by atomic mass is 9.99. The van der Waals surface area contributed by atoms with Crippen molar-refractivity contribution in [3.05, 3.63) is 29.3 Å². The molecule has 0 aliphatic heterocycles. The van der Waals surface area contributed by atoms with E-state index >= 15 is 0 Å². The average Bonchev–Trinajstić information content (AvgIpc) is 2.54. The van der Waals surface area contributed by atoms with E-state index < -0.39 is 6.10 Å². The number of benzene rings is 1. The van der Waals surface area contributed by atoms with E-state index in [1.54, 1.807) is 32.0 Å². The number of hydrogen-bond acceptors (Lipinski definition) is 4. The summed E-state index contributed by atoms with van der Waals surface area (Å²) >= 11 is 0. The zero-order valence-electron chi connectivity index (χ0n) is 14.5. The summed E-state index contributed by atoms with van der Waals surface area (Å²) in [4.78, 5) is 24.8. The van der Waals surface area contributed by atoms with Crippen LogP contribution in [0.1, 0.15) is 56.8 Å². The highest BCUT2D eigenvalue weighted by molar-refractivity contribution is 5.75. The standard InChI is InChI=1S/C18H27NO4/c1-5-13-9-7-10-14(18(13)23-17(22)6-2)15(20)11-8-12-16(21)19(3)4/h7,9-10,15,20H,5-6,8,11-12H2,1-4H3. The Morgan fingerprint density at radius 2 is 1.96 bits per heavy atom. The van der Waals surface area contributed by atoms with E-state index in [4.69, 9.17) is 4.74 Å². The first-order valence-electron chi connectivity index (χ1n) is 8.11. The molecule has 1 unspecified atom stereocenters. The molecule has 128 valence electrons. The molecule has 0 heterocycles. The largest absolute Gasteiger partial charge is 0.426 e. The smallest absolute Gasteiger partial charge is 0.310 e. The summed E-state index contributed by atoms with van der Waals surface area (Å²) in [5.74, 6) is 0.188. The molecule has 0 aliphatic rings. The molecular formula is C18H27NO4. The third-order valence-corrected chi connectivity index (χ3v) is 3.74. The minimum Gasteiger partial charge on any atom is -0.426 e. The van der Waals surface area contributed by atoms with Gasteiger partial charge in [0.1, 0.15) is 5.75 Å². The summed E-state index contributed by atoms with van der Waals surface area (Å²) in [7, 11) is 3.43. The van der Waals surface area contributed by atoms with Gasteiger partial charge in [-0.25, -0.2) is 0 Å². The van der Waals surface area contributed by atoms with Crippen LogP contribution < -0.4 is 4.74 Å². The molecule has 23 heavy (non-hydrogen) atoms. The molecule has 0 saturated heterocycles. The van der Waals surface area contributed by atoms with Gasteiger partial charge in [-0.1, -0.05) is 32.0 Å². The van der Waals surface area contributed by atoms with Crippen molar-refractivity contribution in [2.75, 3.05) is 14.1 Å². The third kappa shape index (κ3) is 5.67. The molecule has 1 amide bonds. The van der Waals surface area contributed by atoms with E-state index in [1.165, 1.54) is 0 Å². The molecule has 0 aromatic heterocycles. The van der Waals surface area contributed by atoms with Crippen LogP contribution in [-0.2, 0) is 16.0 Å². The summed E-state index contributed by atoms with van der Waals surface area (Å²) in [6.07, 6.45) is 1.66. The van der Waals surface area contributed by atoms with Crippen molar-refractivity contribution in [2.45, 2.75) is 52.1 Å². The van der Waals surface area contributed by atoms with Gasteiger partial charge in [0.15, 0.2) is 0 Å². The highest BCUT2D eigenvalue weighted by Gasteiger charge is 2.18. The van der Waals surface area contributed by atoms with Crippen LogP contribution in [0.3, 0.4) is 0 Å². The highest BCUT2D eigenvalue weighted by atomic mass is 16.5. The lowest BCUT2D eigenvalue weighted by Gasteiger charge is -2.18. The molecular weight excluding hydrogens is 294 g/mol. The van der Waals surface area contributed by atoms with Gasteiger partial charge in [0.25, 0.3) is 0 Å². The second-order valence-corrected chi connectivity index (χ2v) is 5.71. The lowest BCUT2D eigenvalue weighted by Crippen LogP contribution is -2.21. The van der Waals surface area contributed by atoms with Crippen LogP contribution in [0.5, 0.6) is 5.75 Å². The van der Waals surface area contributed by atoms with Gasteiger partial charge in [-0.3, -0.25) is 9.59 Å². The van der Waals surface area contributed by atoms with Gasteiger partial charge < -0.3 is 14.7 Å². The Morgan fingerprint density at radius 1 is 1.26 bits per heavy atom. The molecule has 1 N–H and O–H groups in total. The van der Waals surface area contributed by atoms with Gasteiger partial charge in [-0.05, 0) is 24.8 Å². The molecule has 0 saturated carbocycles. The maximum absolute atomic E-state index is 11.6. The van der Waals surface area contributed by atoms with Crippen molar-refractivity contribution in [1.29, 1.82) is 0 Å². The van der Waals surface area contributed by atoms with Gasteiger partial charge in [0, 0.05) is 32.5 Å². The maximum atomic E-state index is 11.6. The fraction of sp³-hybridized carbons (Fsp3) is 0.556. The van der Waals surface area contributed by atoms with E-state index in [1.807, 2.05) is 19.1 Å². The first-order valence-corrected chi connectivity index (χ1v) is 8.11. The number of carbonyl (C=O) groups is 2. The molecule has 0 bridgehead atoms. The summed E-state index contributed by atoms with van der Waals surface area (Å²) in [5, 5.41) is 10.4. The van der Waals surface area contributed by atoms with E-state index in [9.17, 15) is 14.7 Å². The van der Waals surface area contributed by atoms with Crippen LogP contribution in [-0.4, -0.2) is 36.0 Å². The van der Waals surface area contributed by atoms with Gasteiger partial charge in [0.05, 0.1) is 6.10 Å². The van der Waals surface area contributed by atoms with Crippen molar-refractivity contribution >= 4 is 11.9 Å². The maximum Gasteiger partial charge on any atom is 0.310 e. The van der Waals surface area contributed by atoms with Crippen LogP contribution in [0.2, 0.25) is 0 Å². The number of amides is 1. The van der Waals surface area contributed by atoms with Gasteiger partial charge in [0.2, 0.25) is 5.91 Å².